The molecule has 0 saturated carbocycles. The predicted molar refractivity (Wildman–Crippen MR) is 341 cm³/mol. The SMILES string of the molecule is CCCCC/C=C\C/C=C\C/C=C\C/C=C\CCCCCCCCCC(=O)OC(/C=C/CCCCCCCCCCC)C(COP(=O)(O)OCC[N+](C)(C)C)NC(=O)CCCCCCCC/C=C\C/C=C\C/C=C\CCCCC. The lowest BCUT2D eigenvalue weighted by molar-refractivity contribution is -0.870. The molecule has 0 aromatic carbocycles. The van der Waals surface area contributed by atoms with Crippen LogP contribution in [0.15, 0.2) is 97.2 Å². The number of esters is 1. The fourth-order valence-corrected chi connectivity index (χ4v) is 9.67. The highest BCUT2D eigenvalue weighted by Gasteiger charge is 2.30. The minimum atomic E-state index is -4.46. The van der Waals surface area contributed by atoms with Gasteiger partial charge in [0.05, 0.1) is 33.8 Å². The molecule has 0 aliphatic carbocycles. The normalized spacial score (nSPS) is 14.3. The van der Waals surface area contributed by atoms with Gasteiger partial charge in [0.1, 0.15) is 19.3 Å². The molecule has 0 fully saturated rings. The second-order valence-corrected chi connectivity index (χ2v) is 24.4. The van der Waals surface area contributed by atoms with E-state index in [1.807, 2.05) is 33.3 Å². The van der Waals surface area contributed by atoms with E-state index in [-0.39, 0.29) is 31.5 Å². The summed E-state index contributed by atoms with van der Waals surface area (Å²) in [5.74, 6) is -0.534. The molecule has 0 saturated heterocycles. The number of carbonyl (C=O) groups excluding carboxylic acids is 2. The summed E-state index contributed by atoms with van der Waals surface area (Å²) in [6.07, 6.45) is 78.3. The number of phosphoric acid groups is 1. The summed E-state index contributed by atoms with van der Waals surface area (Å²) in [7, 11) is 1.47. The molecule has 10 heteroatoms. The molecule has 9 nitrogen and oxygen atoms in total. The van der Waals surface area contributed by atoms with E-state index in [1.165, 1.54) is 122 Å². The van der Waals surface area contributed by atoms with Crippen molar-refractivity contribution in [3.8, 4) is 0 Å². The van der Waals surface area contributed by atoms with Crippen LogP contribution in [0.3, 0.4) is 0 Å². The van der Waals surface area contributed by atoms with Crippen LogP contribution in [0.4, 0.5) is 0 Å². The number of unbranched alkanes of at least 4 members (excludes halogenated alkanes) is 28. The van der Waals surface area contributed by atoms with Gasteiger partial charge in [0, 0.05) is 12.8 Å². The third kappa shape index (κ3) is 59.4. The van der Waals surface area contributed by atoms with Gasteiger partial charge in [0.15, 0.2) is 0 Å². The van der Waals surface area contributed by atoms with Crippen LogP contribution in [0.25, 0.3) is 0 Å². The van der Waals surface area contributed by atoms with Gasteiger partial charge in [-0.1, -0.05) is 247 Å². The number of nitrogens with zero attached hydrogens (tertiary/aromatic N) is 1. The Kier molecular flexibility index (Phi) is 55.9. The number of amides is 1. The minimum Gasteiger partial charge on any atom is -0.456 e. The first-order valence-corrected chi connectivity index (χ1v) is 34.1. The predicted octanol–water partition coefficient (Wildman–Crippen LogP) is 20.3. The third-order valence-electron chi connectivity index (χ3n) is 14.0. The second kappa shape index (κ2) is 58.1. The van der Waals surface area contributed by atoms with Gasteiger partial charge in [-0.3, -0.25) is 18.6 Å². The van der Waals surface area contributed by atoms with Crippen molar-refractivity contribution in [2.75, 3.05) is 40.9 Å². The van der Waals surface area contributed by atoms with E-state index in [2.05, 4.69) is 111 Å². The van der Waals surface area contributed by atoms with Gasteiger partial charge < -0.3 is 19.4 Å². The standard InChI is InChI=1S/C69H123N2O7P/c1-7-10-13-16-19-22-25-27-29-31-33-34-35-36-38-40-42-44-47-50-53-56-59-62-69(73)78-67(60-57-54-51-48-45-24-21-18-15-12-9-3)66(65-77-79(74,75)76-64-63-71(4,5)6)70-68(72)61-58-55-52-49-46-43-41-39-37-32-30-28-26-23-20-17-14-11-8-2/h19-20,22-23,27-30,33-34,36-39,57,60,66-67H,7-18,21,24-26,31-32,35,40-56,58-59,61-65H2,1-6H3,(H-,70,72,74,75)/p+1/b22-19-,23-20-,29-27-,30-28-,34-33-,38-36-,39-37-,60-57+. The van der Waals surface area contributed by atoms with E-state index in [0.717, 1.165) is 122 Å². The van der Waals surface area contributed by atoms with Crippen LogP contribution in [0.5, 0.6) is 0 Å². The molecule has 0 heterocycles. The van der Waals surface area contributed by atoms with Crippen LogP contribution in [0.1, 0.15) is 278 Å². The average molecular weight is 1120 g/mol. The molecule has 3 atom stereocenters. The molecular formula is C69H124N2O7P+. The molecule has 0 spiro atoms. The summed E-state index contributed by atoms with van der Waals surface area (Å²) in [5.41, 5.74) is 0. The molecular weight excluding hydrogens is 1000 g/mol. The van der Waals surface area contributed by atoms with Crippen LogP contribution in [-0.4, -0.2) is 74.3 Å². The first-order valence-electron chi connectivity index (χ1n) is 32.6. The number of hydrogen-bond donors (Lipinski definition) is 2. The Bertz CT molecular complexity index is 1670. The Morgan fingerprint density at radius 3 is 1.18 bits per heavy atom. The van der Waals surface area contributed by atoms with Crippen molar-refractivity contribution < 1.29 is 37.3 Å². The Morgan fingerprint density at radius 2 is 0.772 bits per heavy atom. The molecule has 456 valence electrons. The van der Waals surface area contributed by atoms with Gasteiger partial charge in [0.25, 0.3) is 0 Å². The first-order chi connectivity index (χ1) is 38.4. The zero-order valence-electron chi connectivity index (χ0n) is 52.1. The van der Waals surface area contributed by atoms with Crippen molar-refractivity contribution in [2.24, 2.45) is 0 Å². The number of ether oxygens (including phenoxy) is 1. The smallest absolute Gasteiger partial charge is 0.456 e. The van der Waals surface area contributed by atoms with E-state index in [0.29, 0.717) is 17.4 Å². The fourth-order valence-electron chi connectivity index (χ4n) is 8.93. The zero-order valence-corrected chi connectivity index (χ0v) is 53.0. The molecule has 0 aromatic heterocycles. The third-order valence-corrected chi connectivity index (χ3v) is 15.0. The van der Waals surface area contributed by atoms with Crippen molar-refractivity contribution in [1.29, 1.82) is 0 Å². The summed E-state index contributed by atoms with van der Waals surface area (Å²) in [6, 6.07) is -0.866. The lowest BCUT2D eigenvalue weighted by atomic mass is 10.1. The van der Waals surface area contributed by atoms with Crippen molar-refractivity contribution >= 4 is 19.7 Å². The van der Waals surface area contributed by atoms with Crippen LogP contribution in [-0.2, 0) is 27.9 Å². The van der Waals surface area contributed by atoms with Crippen LogP contribution < -0.4 is 5.32 Å². The average Bonchev–Trinajstić information content (AvgIpc) is 3.41. The first kappa shape index (κ1) is 75.9. The van der Waals surface area contributed by atoms with E-state index in [4.69, 9.17) is 13.8 Å². The fraction of sp³-hybridized carbons (Fsp3) is 0.739. The number of quaternary nitrogens is 1. The number of hydrogen-bond acceptors (Lipinski definition) is 6. The number of carbonyl (C=O) groups is 2. The van der Waals surface area contributed by atoms with E-state index in [9.17, 15) is 19.0 Å². The highest BCUT2D eigenvalue weighted by Crippen LogP contribution is 2.43. The molecule has 0 aromatic rings. The van der Waals surface area contributed by atoms with E-state index < -0.39 is 20.0 Å². The Labute approximate surface area is 488 Å². The number of phosphoric ester groups is 1. The van der Waals surface area contributed by atoms with Crippen molar-refractivity contribution in [3.63, 3.8) is 0 Å². The van der Waals surface area contributed by atoms with Crippen molar-refractivity contribution in [2.45, 2.75) is 290 Å². The monoisotopic (exact) mass is 1120 g/mol. The molecule has 0 aliphatic heterocycles. The van der Waals surface area contributed by atoms with Gasteiger partial charge in [-0.05, 0) is 115 Å². The second-order valence-electron chi connectivity index (χ2n) is 22.9. The maximum absolute atomic E-state index is 13.6. The van der Waals surface area contributed by atoms with Crippen LogP contribution in [0.2, 0.25) is 0 Å². The Hall–Kier alpha value is -3.07. The van der Waals surface area contributed by atoms with E-state index in [1.54, 1.807) is 0 Å². The lowest BCUT2D eigenvalue weighted by Crippen LogP contribution is -2.47. The van der Waals surface area contributed by atoms with Crippen LogP contribution in [0, 0.1) is 0 Å². The summed E-state index contributed by atoms with van der Waals surface area (Å²) in [5, 5.41) is 3.05. The molecule has 2 N–H and O–H groups in total. The zero-order chi connectivity index (χ0) is 57.9. The number of nitrogens with one attached hydrogen (secondary N) is 1. The summed E-state index contributed by atoms with van der Waals surface area (Å²) < 4.78 is 30.7. The highest BCUT2D eigenvalue weighted by molar-refractivity contribution is 7.47. The Morgan fingerprint density at radius 1 is 0.443 bits per heavy atom. The van der Waals surface area contributed by atoms with Gasteiger partial charge in [-0.25, -0.2) is 4.57 Å². The molecule has 0 bridgehead atoms. The summed E-state index contributed by atoms with van der Waals surface area (Å²) in [4.78, 5) is 37.8. The summed E-state index contributed by atoms with van der Waals surface area (Å²) in [6.45, 7) is 6.93. The molecule has 0 aliphatic rings. The van der Waals surface area contributed by atoms with Crippen molar-refractivity contribution in [1.82, 2.24) is 5.32 Å². The maximum Gasteiger partial charge on any atom is 0.472 e. The molecule has 1 amide bonds. The minimum absolute atomic E-state index is 0.0311. The van der Waals surface area contributed by atoms with Gasteiger partial charge in [0.2, 0.25) is 5.91 Å². The van der Waals surface area contributed by atoms with Crippen molar-refractivity contribution in [3.05, 3.63) is 97.2 Å². The largest absolute Gasteiger partial charge is 0.472 e. The Balaban J connectivity index is 5.21. The van der Waals surface area contributed by atoms with Gasteiger partial charge in [-0.15, -0.1) is 0 Å². The van der Waals surface area contributed by atoms with Crippen LogP contribution >= 0.6 is 7.82 Å². The quantitative estimate of drug-likeness (QED) is 0.0205. The number of likely N-dealkylation sites (N-methyl/N-ethyl adjacent to an activating group) is 1. The van der Waals surface area contributed by atoms with Gasteiger partial charge >= 0.3 is 13.8 Å². The highest BCUT2D eigenvalue weighted by atomic mass is 31.2. The number of allylic oxidation sites excluding steroid dienone is 15. The summed E-state index contributed by atoms with van der Waals surface area (Å²) >= 11 is 0. The van der Waals surface area contributed by atoms with E-state index >= 15 is 0 Å². The molecule has 79 heavy (non-hydrogen) atoms. The molecule has 3 unspecified atom stereocenters. The van der Waals surface area contributed by atoms with Gasteiger partial charge in [-0.2, -0.15) is 0 Å². The molecule has 0 radical (unpaired) electrons. The number of rotatable bonds is 58. The molecule has 0 rings (SSSR count). The lowest BCUT2D eigenvalue weighted by Gasteiger charge is -2.27. The topological polar surface area (TPSA) is 111 Å². The maximum atomic E-state index is 13.6.